The van der Waals surface area contributed by atoms with Gasteiger partial charge in [-0.1, -0.05) is 54.1 Å². The lowest BCUT2D eigenvalue weighted by molar-refractivity contribution is -0.117. The molecule has 1 aromatic heterocycles. The first-order chi connectivity index (χ1) is 13.6. The second-order valence-electron chi connectivity index (χ2n) is 6.03. The molecule has 142 valence electrons. The molecule has 0 atom stereocenters. The molecule has 0 spiro atoms. The smallest absolute Gasteiger partial charge is 0.291 e. The molecule has 0 aliphatic carbocycles. The molecule has 0 aliphatic rings. The molecule has 3 aromatic rings. The van der Waals surface area contributed by atoms with Gasteiger partial charge in [-0.3, -0.25) is 9.59 Å². The van der Waals surface area contributed by atoms with E-state index in [2.05, 4.69) is 10.6 Å². The number of furan rings is 1. The van der Waals surface area contributed by atoms with E-state index in [0.717, 1.165) is 11.1 Å². The van der Waals surface area contributed by atoms with Crippen molar-refractivity contribution in [3.63, 3.8) is 0 Å². The first-order valence-corrected chi connectivity index (χ1v) is 9.14. The van der Waals surface area contributed by atoms with Crippen LogP contribution in [0.25, 0.3) is 6.08 Å². The molecular weight excluding hydrogens is 376 g/mol. The van der Waals surface area contributed by atoms with Crippen LogP contribution in [0.4, 0.5) is 0 Å². The second-order valence-corrected chi connectivity index (χ2v) is 6.47. The van der Waals surface area contributed by atoms with Crippen LogP contribution in [-0.2, 0) is 11.2 Å². The lowest BCUT2D eigenvalue weighted by atomic mass is 10.1. The van der Waals surface area contributed by atoms with Crippen molar-refractivity contribution in [1.82, 2.24) is 10.6 Å². The maximum absolute atomic E-state index is 12.7. The van der Waals surface area contributed by atoms with Gasteiger partial charge in [0, 0.05) is 11.6 Å². The maximum Gasteiger partial charge on any atom is 0.291 e. The Hall–Kier alpha value is -3.31. The Morgan fingerprint density at radius 3 is 2.39 bits per heavy atom. The van der Waals surface area contributed by atoms with Crippen molar-refractivity contribution >= 4 is 29.5 Å². The Morgan fingerprint density at radius 1 is 0.964 bits per heavy atom. The predicted octanol–water partition coefficient (Wildman–Crippen LogP) is 4.06. The quantitative estimate of drug-likeness (QED) is 0.593. The molecule has 6 heteroatoms. The Balaban J connectivity index is 1.71. The average molecular weight is 395 g/mol. The largest absolute Gasteiger partial charge is 0.459 e. The summed E-state index contributed by atoms with van der Waals surface area (Å²) in [5.41, 5.74) is 1.97. The van der Waals surface area contributed by atoms with Crippen LogP contribution in [0.2, 0.25) is 5.02 Å². The number of hydrogen-bond donors (Lipinski definition) is 2. The number of benzene rings is 2. The first-order valence-electron chi connectivity index (χ1n) is 8.76. The van der Waals surface area contributed by atoms with Gasteiger partial charge in [-0.05, 0) is 47.9 Å². The van der Waals surface area contributed by atoms with Crippen molar-refractivity contribution in [1.29, 1.82) is 0 Å². The molecule has 1 heterocycles. The molecule has 0 saturated heterocycles. The fourth-order valence-electron chi connectivity index (χ4n) is 2.54. The standard InChI is InChI=1S/C22H19ClN2O3/c23-18-10-8-17(9-11-18)15-19(25-22(27)20-7-4-14-28-20)21(26)24-13-12-16-5-2-1-3-6-16/h1-11,14-15H,12-13H2,(H,24,26)(H,25,27). The van der Waals surface area contributed by atoms with Gasteiger partial charge in [-0.2, -0.15) is 0 Å². The minimum Gasteiger partial charge on any atom is -0.459 e. The Kier molecular flexibility index (Phi) is 6.65. The molecule has 2 N–H and O–H groups in total. The van der Waals surface area contributed by atoms with Crippen LogP contribution in [0.3, 0.4) is 0 Å². The van der Waals surface area contributed by atoms with E-state index in [0.29, 0.717) is 18.0 Å². The van der Waals surface area contributed by atoms with Crippen molar-refractivity contribution < 1.29 is 14.0 Å². The second kappa shape index (κ2) is 9.58. The molecule has 0 radical (unpaired) electrons. The zero-order chi connectivity index (χ0) is 19.8. The number of nitrogens with one attached hydrogen (secondary N) is 2. The maximum atomic E-state index is 12.7. The SMILES string of the molecule is O=C(NCCc1ccccc1)C(=Cc1ccc(Cl)cc1)NC(=O)c1ccco1. The molecule has 2 aromatic carbocycles. The van der Waals surface area contributed by atoms with Gasteiger partial charge in [0.05, 0.1) is 6.26 Å². The third kappa shape index (κ3) is 5.59. The molecule has 2 amide bonds. The van der Waals surface area contributed by atoms with Crippen LogP contribution in [-0.4, -0.2) is 18.4 Å². The fourth-order valence-corrected chi connectivity index (χ4v) is 2.66. The van der Waals surface area contributed by atoms with E-state index in [1.54, 1.807) is 36.4 Å². The van der Waals surface area contributed by atoms with Crippen LogP contribution in [0, 0.1) is 0 Å². The van der Waals surface area contributed by atoms with Gasteiger partial charge in [-0.25, -0.2) is 0 Å². The van der Waals surface area contributed by atoms with Crippen molar-refractivity contribution in [2.24, 2.45) is 0 Å². The monoisotopic (exact) mass is 394 g/mol. The molecule has 0 unspecified atom stereocenters. The number of hydrogen-bond acceptors (Lipinski definition) is 3. The lowest BCUT2D eigenvalue weighted by Crippen LogP contribution is -2.35. The highest BCUT2D eigenvalue weighted by atomic mass is 35.5. The van der Waals surface area contributed by atoms with Crippen LogP contribution in [0.15, 0.2) is 83.1 Å². The van der Waals surface area contributed by atoms with E-state index in [-0.39, 0.29) is 17.4 Å². The highest BCUT2D eigenvalue weighted by molar-refractivity contribution is 6.30. The zero-order valence-electron chi connectivity index (χ0n) is 15.0. The van der Waals surface area contributed by atoms with E-state index in [1.807, 2.05) is 30.3 Å². The van der Waals surface area contributed by atoms with Gasteiger partial charge >= 0.3 is 0 Å². The Morgan fingerprint density at radius 2 is 1.71 bits per heavy atom. The van der Waals surface area contributed by atoms with Crippen LogP contribution >= 0.6 is 11.6 Å². The van der Waals surface area contributed by atoms with Crippen molar-refractivity contribution in [2.45, 2.75) is 6.42 Å². The average Bonchev–Trinajstić information content (AvgIpc) is 3.25. The van der Waals surface area contributed by atoms with E-state index in [4.69, 9.17) is 16.0 Å². The van der Waals surface area contributed by atoms with Crippen molar-refractivity contribution in [2.75, 3.05) is 6.54 Å². The number of carbonyl (C=O) groups is 2. The van der Waals surface area contributed by atoms with Gasteiger partial charge in [0.15, 0.2) is 5.76 Å². The number of halogens is 1. The van der Waals surface area contributed by atoms with E-state index in [1.165, 1.54) is 12.3 Å². The van der Waals surface area contributed by atoms with E-state index < -0.39 is 5.91 Å². The minimum absolute atomic E-state index is 0.122. The van der Waals surface area contributed by atoms with Crippen LogP contribution < -0.4 is 10.6 Å². The summed E-state index contributed by atoms with van der Waals surface area (Å²) >= 11 is 5.91. The van der Waals surface area contributed by atoms with Crippen LogP contribution in [0.1, 0.15) is 21.7 Å². The summed E-state index contributed by atoms with van der Waals surface area (Å²) < 4.78 is 5.09. The van der Waals surface area contributed by atoms with Crippen molar-refractivity contribution in [3.8, 4) is 0 Å². The predicted molar refractivity (Wildman–Crippen MR) is 109 cm³/mol. The van der Waals surface area contributed by atoms with E-state index >= 15 is 0 Å². The fraction of sp³-hybridized carbons (Fsp3) is 0.0909. The van der Waals surface area contributed by atoms with Crippen LogP contribution in [0.5, 0.6) is 0 Å². The molecule has 3 rings (SSSR count). The zero-order valence-corrected chi connectivity index (χ0v) is 15.8. The summed E-state index contributed by atoms with van der Waals surface area (Å²) in [6, 6.07) is 19.9. The summed E-state index contributed by atoms with van der Waals surface area (Å²) in [6.07, 6.45) is 3.68. The van der Waals surface area contributed by atoms with E-state index in [9.17, 15) is 9.59 Å². The molecule has 0 fully saturated rings. The number of rotatable bonds is 7. The van der Waals surface area contributed by atoms with Crippen molar-refractivity contribution in [3.05, 3.63) is 101 Å². The Bertz CT molecular complexity index is 949. The Labute approximate surface area is 168 Å². The molecule has 0 aliphatic heterocycles. The van der Waals surface area contributed by atoms with Gasteiger partial charge < -0.3 is 15.1 Å². The third-order valence-electron chi connectivity index (χ3n) is 3.96. The first kappa shape index (κ1) is 19.5. The summed E-state index contributed by atoms with van der Waals surface area (Å²) in [6.45, 7) is 0.442. The van der Waals surface area contributed by atoms with Gasteiger partial charge in [0.1, 0.15) is 5.70 Å². The summed E-state index contributed by atoms with van der Waals surface area (Å²) in [7, 11) is 0. The molecular formula is C22H19ClN2O3. The van der Waals surface area contributed by atoms with Gasteiger partial charge in [-0.15, -0.1) is 0 Å². The van der Waals surface area contributed by atoms with Gasteiger partial charge in [0.2, 0.25) is 0 Å². The number of carbonyl (C=O) groups excluding carboxylic acids is 2. The topological polar surface area (TPSA) is 71.3 Å². The molecule has 28 heavy (non-hydrogen) atoms. The summed E-state index contributed by atoms with van der Waals surface area (Å²) in [4.78, 5) is 25.0. The molecule has 0 saturated carbocycles. The molecule has 5 nitrogen and oxygen atoms in total. The minimum atomic E-state index is -0.497. The summed E-state index contributed by atoms with van der Waals surface area (Å²) in [5.74, 6) is -0.756. The lowest BCUT2D eigenvalue weighted by Gasteiger charge is -2.10. The highest BCUT2D eigenvalue weighted by Crippen LogP contribution is 2.12. The molecule has 0 bridgehead atoms. The van der Waals surface area contributed by atoms with Gasteiger partial charge in [0.25, 0.3) is 11.8 Å². The number of amides is 2. The highest BCUT2D eigenvalue weighted by Gasteiger charge is 2.16. The normalized spacial score (nSPS) is 11.1. The summed E-state index contributed by atoms with van der Waals surface area (Å²) in [5, 5.41) is 6.04. The third-order valence-corrected chi connectivity index (χ3v) is 4.21.